The van der Waals surface area contributed by atoms with Gasteiger partial charge in [0.1, 0.15) is 13.2 Å². The summed E-state index contributed by atoms with van der Waals surface area (Å²) >= 11 is 0. The maximum absolute atomic E-state index is 12.8. The zero-order chi connectivity index (χ0) is 36.2. The van der Waals surface area contributed by atoms with E-state index in [-0.39, 0.29) is 24.8 Å². The van der Waals surface area contributed by atoms with E-state index in [1.165, 1.54) is 13.8 Å². The fourth-order valence-corrected chi connectivity index (χ4v) is 4.85. The van der Waals surface area contributed by atoms with Gasteiger partial charge in [0, 0.05) is 22.3 Å². The second-order valence-electron chi connectivity index (χ2n) is 11.6. The Kier molecular flexibility index (Phi) is 12.9. The number of rotatable bonds is 15. The van der Waals surface area contributed by atoms with Gasteiger partial charge in [0.15, 0.2) is 23.8 Å². The van der Waals surface area contributed by atoms with Crippen LogP contribution in [0.2, 0.25) is 0 Å². The lowest BCUT2D eigenvalue weighted by Crippen LogP contribution is -2.31. The van der Waals surface area contributed by atoms with Crippen LogP contribution in [0.15, 0.2) is 109 Å². The largest absolute Gasteiger partial charge is 0.459 e. The van der Waals surface area contributed by atoms with Gasteiger partial charge in [-0.3, -0.25) is 19.2 Å². The molecule has 0 N–H and O–H groups in total. The third kappa shape index (κ3) is 9.82. The van der Waals surface area contributed by atoms with Gasteiger partial charge in [-0.1, -0.05) is 97.1 Å². The fraction of sp³-hybridized carbons (Fsp3) is 0.250. The first-order chi connectivity index (χ1) is 24.0. The van der Waals surface area contributed by atoms with Crippen molar-refractivity contribution in [1.82, 2.24) is 0 Å². The molecule has 258 valence electrons. The highest BCUT2D eigenvalue weighted by atomic mass is 16.6. The average molecular weight is 679 g/mol. The molecule has 0 aliphatic rings. The first-order valence-corrected chi connectivity index (χ1v) is 16.1. The maximum Gasteiger partial charge on any atom is 0.347 e. The molecule has 0 radical (unpaired) electrons. The molecule has 0 saturated carbocycles. The third-order valence-corrected chi connectivity index (χ3v) is 7.90. The molecule has 10 heteroatoms. The zero-order valence-corrected chi connectivity index (χ0v) is 28.2. The Morgan fingerprint density at radius 3 is 1.14 bits per heavy atom. The summed E-state index contributed by atoms with van der Waals surface area (Å²) in [7, 11) is 0. The maximum atomic E-state index is 12.8. The molecule has 0 aliphatic heterocycles. The van der Waals surface area contributed by atoms with E-state index in [0.29, 0.717) is 33.4 Å². The average Bonchev–Trinajstić information content (AvgIpc) is 3.15. The number of carbonyl (C=O) groups is 6. The van der Waals surface area contributed by atoms with Gasteiger partial charge in [0.2, 0.25) is 0 Å². The molecular weight excluding hydrogens is 640 g/mol. The molecule has 0 bridgehead atoms. The summed E-state index contributed by atoms with van der Waals surface area (Å²) in [5.41, 5.74) is 2.94. The van der Waals surface area contributed by atoms with E-state index in [1.54, 1.807) is 111 Å². The van der Waals surface area contributed by atoms with Gasteiger partial charge < -0.3 is 18.9 Å². The van der Waals surface area contributed by atoms with E-state index in [2.05, 4.69) is 0 Å². The Hall–Kier alpha value is -5.90. The van der Waals surface area contributed by atoms with Crippen molar-refractivity contribution in [2.24, 2.45) is 0 Å². The molecule has 0 saturated heterocycles. The molecule has 0 aliphatic carbocycles. The molecule has 0 aromatic heterocycles. The van der Waals surface area contributed by atoms with E-state index in [4.69, 9.17) is 18.9 Å². The molecule has 10 nitrogen and oxygen atoms in total. The van der Waals surface area contributed by atoms with Crippen molar-refractivity contribution >= 4 is 35.4 Å². The van der Waals surface area contributed by atoms with E-state index < -0.39 is 47.9 Å². The van der Waals surface area contributed by atoms with Gasteiger partial charge >= 0.3 is 23.9 Å². The minimum absolute atomic E-state index is 0.188. The van der Waals surface area contributed by atoms with Crippen molar-refractivity contribution in [1.29, 1.82) is 0 Å². The molecule has 4 atom stereocenters. The lowest BCUT2D eigenvalue weighted by molar-refractivity contribution is -0.172. The minimum Gasteiger partial charge on any atom is -0.459 e. The predicted molar refractivity (Wildman–Crippen MR) is 182 cm³/mol. The van der Waals surface area contributed by atoms with Crippen LogP contribution in [0.1, 0.15) is 82.5 Å². The molecular formula is C40H38O10. The summed E-state index contributed by atoms with van der Waals surface area (Å²) in [5.74, 6) is -5.01. The molecule has 0 heterocycles. The first kappa shape index (κ1) is 36.9. The highest BCUT2D eigenvalue weighted by molar-refractivity contribution is 6.09. The molecule has 0 amide bonds. The number of ketones is 2. The van der Waals surface area contributed by atoms with Crippen LogP contribution in [0.4, 0.5) is 0 Å². The molecule has 0 fully saturated rings. The summed E-state index contributed by atoms with van der Waals surface area (Å²) in [4.78, 5) is 76.1. The Labute approximate surface area is 290 Å². The number of hydrogen-bond donors (Lipinski definition) is 0. The predicted octanol–water partition coefficient (Wildman–Crippen LogP) is 6.01. The summed E-state index contributed by atoms with van der Waals surface area (Å²) in [6.45, 7) is 5.25. The quantitative estimate of drug-likeness (QED) is 0.0636. The van der Waals surface area contributed by atoms with Crippen LogP contribution in [-0.4, -0.2) is 60.9 Å². The van der Waals surface area contributed by atoms with Crippen LogP contribution < -0.4 is 0 Å². The summed E-state index contributed by atoms with van der Waals surface area (Å²) < 4.78 is 20.8. The van der Waals surface area contributed by atoms with E-state index in [0.717, 1.165) is 0 Å². The Morgan fingerprint density at radius 1 is 0.440 bits per heavy atom. The first-order valence-electron chi connectivity index (χ1n) is 16.1. The Balaban J connectivity index is 1.19. The van der Waals surface area contributed by atoms with Crippen molar-refractivity contribution in [2.75, 3.05) is 13.2 Å². The highest BCUT2D eigenvalue weighted by Gasteiger charge is 2.27. The number of ether oxygens (including phenoxy) is 4. The molecule has 4 aromatic rings. The van der Waals surface area contributed by atoms with Crippen LogP contribution in [0.25, 0.3) is 0 Å². The number of carbonyl (C=O) groups excluding carboxylic acids is 6. The van der Waals surface area contributed by atoms with E-state index in [1.807, 2.05) is 12.1 Å². The fourth-order valence-electron chi connectivity index (χ4n) is 4.85. The second-order valence-corrected chi connectivity index (χ2v) is 11.6. The Morgan fingerprint density at radius 2 is 0.780 bits per heavy atom. The standard InChI is InChI=1S/C40H38O10/c1-25(31-17-11-19-33(23-31)35(41)29-13-7-5-8-14-29)37(43)49-27(3)39(45)47-21-22-48-40(46)28(4)50-38(44)26(2)32-18-12-20-34(24-32)36(42)30-15-9-6-10-16-30/h5-20,23-28H,21-22H2,1-4H3. The van der Waals surface area contributed by atoms with Crippen molar-refractivity contribution < 1.29 is 47.7 Å². The van der Waals surface area contributed by atoms with Crippen LogP contribution in [-0.2, 0) is 38.1 Å². The SMILES string of the molecule is CC(OC(=O)C(C)c1cccc(C(=O)c2ccccc2)c1)C(=O)OCCOC(=O)C(C)OC(=O)C(C)c1cccc(C(=O)c2ccccc2)c1. The zero-order valence-electron chi connectivity index (χ0n) is 28.2. The molecule has 0 spiro atoms. The van der Waals surface area contributed by atoms with E-state index >= 15 is 0 Å². The van der Waals surface area contributed by atoms with Crippen LogP contribution in [0.3, 0.4) is 0 Å². The van der Waals surface area contributed by atoms with Crippen LogP contribution in [0, 0.1) is 0 Å². The lowest BCUT2D eigenvalue weighted by Gasteiger charge is -2.18. The van der Waals surface area contributed by atoms with Gasteiger partial charge in [-0.15, -0.1) is 0 Å². The number of benzene rings is 4. The molecule has 4 rings (SSSR count). The van der Waals surface area contributed by atoms with Crippen molar-refractivity contribution in [2.45, 2.75) is 51.7 Å². The number of hydrogen-bond acceptors (Lipinski definition) is 10. The third-order valence-electron chi connectivity index (χ3n) is 7.90. The normalized spacial score (nSPS) is 13.1. The van der Waals surface area contributed by atoms with Gasteiger partial charge in [0.25, 0.3) is 0 Å². The topological polar surface area (TPSA) is 139 Å². The number of esters is 4. The van der Waals surface area contributed by atoms with Gasteiger partial charge in [-0.2, -0.15) is 0 Å². The minimum atomic E-state index is -1.25. The highest BCUT2D eigenvalue weighted by Crippen LogP contribution is 2.22. The molecule has 4 unspecified atom stereocenters. The summed E-state index contributed by atoms with van der Waals surface area (Å²) in [5, 5.41) is 0. The van der Waals surface area contributed by atoms with Crippen LogP contribution in [0.5, 0.6) is 0 Å². The summed E-state index contributed by atoms with van der Waals surface area (Å²) in [6, 6.07) is 30.8. The van der Waals surface area contributed by atoms with Crippen molar-refractivity contribution in [3.8, 4) is 0 Å². The lowest BCUT2D eigenvalue weighted by atomic mass is 9.96. The summed E-state index contributed by atoms with van der Waals surface area (Å²) in [6.07, 6.45) is -2.50. The monoisotopic (exact) mass is 678 g/mol. The Bertz CT molecular complexity index is 1700. The van der Waals surface area contributed by atoms with Gasteiger partial charge in [-0.25, -0.2) is 9.59 Å². The second kappa shape index (κ2) is 17.5. The smallest absolute Gasteiger partial charge is 0.347 e. The van der Waals surface area contributed by atoms with Gasteiger partial charge in [-0.05, 0) is 51.0 Å². The molecule has 50 heavy (non-hydrogen) atoms. The van der Waals surface area contributed by atoms with E-state index in [9.17, 15) is 28.8 Å². The van der Waals surface area contributed by atoms with Gasteiger partial charge in [0.05, 0.1) is 11.8 Å². The van der Waals surface area contributed by atoms with Crippen LogP contribution >= 0.6 is 0 Å². The molecule has 4 aromatic carbocycles. The van der Waals surface area contributed by atoms with Crippen molar-refractivity contribution in [3.63, 3.8) is 0 Å². The van der Waals surface area contributed by atoms with Crippen molar-refractivity contribution in [3.05, 3.63) is 143 Å².